The molecule has 6 heteroatoms. The Hall–Kier alpha value is -2.37. The molecule has 0 fully saturated rings. The predicted octanol–water partition coefficient (Wildman–Crippen LogP) is 3.46. The highest BCUT2D eigenvalue weighted by Gasteiger charge is 2.22. The molecule has 0 saturated heterocycles. The Kier molecular flexibility index (Phi) is 3.50. The van der Waals surface area contributed by atoms with Gasteiger partial charge in [-0.25, -0.2) is 18.0 Å². The first-order valence-electron chi connectivity index (χ1n) is 5.11. The Morgan fingerprint density at radius 1 is 0.895 bits per heavy atom. The van der Waals surface area contributed by atoms with Gasteiger partial charge in [0.15, 0.2) is 17.4 Å². The zero-order valence-corrected chi connectivity index (χ0v) is 9.29. The molecule has 0 N–H and O–H groups in total. The van der Waals surface area contributed by atoms with E-state index in [2.05, 4.69) is 4.74 Å². The number of hydrogen-bond acceptors (Lipinski definition) is 2. The average molecular weight is 270 g/mol. The number of halogens is 4. The molecule has 0 aliphatic carbocycles. The van der Waals surface area contributed by atoms with E-state index in [1.54, 1.807) is 6.07 Å². The maximum absolute atomic E-state index is 13.3. The maximum Gasteiger partial charge on any atom is 0.343 e. The molecule has 0 spiro atoms. The average Bonchev–Trinajstić information content (AvgIpc) is 2.43. The van der Waals surface area contributed by atoms with Crippen LogP contribution in [0.25, 0.3) is 0 Å². The van der Waals surface area contributed by atoms with Gasteiger partial charge in [-0.15, -0.1) is 0 Å². The molecular weight excluding hydrogens is 264 g/mol. The normalized spacial score (nSPS) is 10.3. The van der Waals surface area contributed by atoms with Gasteiger partial charge in [-0.3, -0.25) is 0 Å². The van der Waals surface area contributed by atoms with Gasteiger partial charge in [0.05, 0.1) is 5.56 Å². The summed E-state index contributed by atoms with van der Waals surface area (Å²) in [6.07, 6.45) is 0. The number of carbonyl (C=O) groups is 1. The molecule has 19 heavy (non-hydrogen) atoms. The molecule has 0 atom stereocenters. The van der Waals surface area contributed by atoms with Gasteiger partial charge in [0, 0.05) is 6.07 Å². The van der Waals surface area contributed by atoms with E-state index in [4.69, 9.17) is 0 Å². The first-order valence-corrected chi connectivity index (χ1v) is 5.11. The zero-order valence-electron chi connectivity index (χ0n) is 9.29. The van der Waals surface area contributed by atoms with E-state index in [1.807, 2.05) is 0 Å². The lowest BCUT2D eigenvalue weighted by atomic mass is 10.2. The Balaban J connectivity index is 2.32. The Morgan fingerprint density at radius 2 is 1.53 bits per heavy atom. The summed E-state index contributed by atoms with van der Waals surface area (Å²) in [6.45, 7) is 0. The summed E-state index contributed by atoms with van der Waals surface area (Å²) >= 11 is 0. The number of ether oxygens (including phenoxy) is 1. The van der Waals surface area contributed by atoms with Crippen molar-refractivity contribution >= 4 is 5.97 Å². The quantitative estimate of drug-likeness (QED) is 0.274. The van der Waals surface area contributed by atoms with E-state index in [0.29, 0.717) is 0 Å². The molecule has 2 aromatic rings. The van der Waals surface area contributed by atoms with Crippen LogP contribution in [0.3, 0.4) is 0 Å². The third-order valence-electron chi connectivity index (χ3n) is 2.28. The van der Waals surface area contributed by atoms with Crippen molar-refractivity contribution in [3.05, 3.63) is 65.2 Å². The largest absolute Gasteiger partial charge is 0.420 e. The molecule has 0 saturated carbocycles. The molecule has 0 aliphatic heterocycles. The van der Waals surface area contributed by atoms with E-state index >= 15 is 0 Å². The van der Waals surface area contributed by atoms with Crippen molar-refractivity contribution in [2.24, 2.45) is 0 Å². The highest BCUT2D eigenvalue weighted by Crippen LogP contribution is 2.25. The molecule has 0 amide bonds. The fourth-order valence-corrected chi connectivity index (χ4v) is 1.36. The molecule has 0 aliphatic rings. The van der Waals surface area contributed by atoms with Crippen molar-refractivity contribution < 1.29 is 27.1 Å². The highest BCUT2D eigenvalue weighted by molar-refractivity contribution is 5.90. The lowest BCUT2D eigenvalue weighted by Gasteiger charge is -2.07. The van der Waals surface area contributed by atoms with Crippen molar-refractivity contribution in [2.45, 2.75) is 0 Å². The molecule has 2 nitrogen and oxygen atoms in total. The smallest absolute Gasteiger partial charge is 0.343 e. The summed E-state index contributed by atoms with van der Waals surface area (Å²) in [6, 6.07) is 7.70. The summed E-state index contributed by atoms with van der Waals surface area (Å²) in [5, 5.41) is 0. The van der Waals surface area contributed by atoms with Crippen LogP contribution in [0.15, 0.2) is 36.4 Å². The minimum Gasteiger partial charge on any atom is -0.420 e. The van der Waals surface area contributed by atoms with Crippen molar-refractivity contribution in [1.29, 1.82) is 0 Å². The van der Waals surface area contributed by atoms with Gasteiger partial charge in [-0.05, 0) is 12.1 Å². The van der Waals surface area contributed by atoms with Crippen molar-refractivity contribution in [3.63, 3.8) is 0 Å². The standard InChI is InChI=1S/C13H6F4O2/c14-8-6-9(11(16)12(17)10(8)15)19-13(18)7-4-2-1-3-5-7/h1-6H. The molecule has 98 valence electrons. The van der Waals surface area contributed by atoms with Gasteiger partial charge in [0.1, 0.15) is 0 Å². The first kappa shape index (κ1) is 13.1. The predicted molar refractivity (Wildman–Crippen MR) is 57.7 cm³/mol. The van der Waals surface area contributed by atoms with E-state index < -0.39 is 35.0 Å². The van der Waals surface area contributed by atoms with E-state index in [-0.39, 0.29) is 11.6 Å². The highest BCUT2D eigenvalue weighted by atomic mass is 19.2. The number of esters is 1. The Morgan fingerprint density at radius 3 is 2.16 bits per heavy atom. The van der Waals surface area contributed by atoms with E-state index in [0.717, 1.165) is 0 Å². The number of carbonyl (C=O) groups excluding carboxylic acids is 1. The van der Waals surface area contributed by atoms with Crippen LogP contribution in [0.2, 0.25) is 0 Å². The Bertz CT molecular complexity index is 626. The topological polar surface area (TPSA) is 26.3 Å². The Labute approximate surface area is 105 Å². The van der Waals surface area contributed by atoms with Crippen LogP contribution >= 0.6 is 0 Å². The second-order valence-electron chi connectivity index (χ2n) is 3.55. The van der Waals surface area contributed by atoms with Crippen LogP contribution in [-0.2, 0) is 0 Å². The SMILES string of the molecule is O=C(Oc1cc(F)c(F)c(F)c1F)c1ccccc1. The number of benzene rings is 2. The minimum atomic E-state index is -2.03. The lowest BCUT2D eigenvalue weighted by molar-refractivity contribution is 0.0725. The van der Waals surface area contributed by atoms with Gasteiger partial charge in [0.25, 0.3) is 0 Å². The summed E-state index contributed by atoms with van der Waals surface area (Å²) < 4.78 is 56.3. The molecule has 0 unspecified atom stereocenters. The van der Waals surface area contributed by atoms with Crippen LogP contribution in [0, 0.1) is 23.3 Å². The molecule has 0 heterocycles. The van der Waals surface area contributed by atoms with E-state index in [9.17, 15) is 22.4 Å². The van der Waals surface area contributed by atoms with Crippen LogP contribution in [0.1, 0.15) is 10.4 Å². The van der Waals surface area contributed by atoms with Gasteiger partial charge >= 0.3 is 5.97 Å². The summed E-state index contributed by atoms with van der Waals surface area (Å²) in [7, 11) is 0. The van der Waals surface area contributed by atoms with Crippen molar-refractivity contribution in [2.75, 3.05) is 0 Å². The summed E-state index contributed by atoms with van der Waals surface area (Å²) in [5.41, 5.74) is 0.0621. The third kappa shape index (κ3) is 2.57. The van der Waals surface area contributed by atoms with E-state index in [1.165, 1.54) is 24.3 Å². The van der Waals surface area contributed by atoms with Crippen molar-refractivity contribution in [1.82, 2.24) is 0 Å². The van der Waals surface area contributed by atoms with Crippen molar-refractivity contribution in [3.8, 4) is 5.75 Å². The van der Waals surface area contributed by atoms with Crippen LogP contribution in [-0.4, -0.2) is 5.97 Å². The van der Waals surface area contributed by atoms with Crippen LogP contribution < -0.4 is 4.74 Å². The minimum absolute atomic E-state index is 0.0621. The fourth-order valence-electron chi connectivity index (χ4n) is 1.36. The maximum atomic E-state index is 13.3. The number of hydrogen-bond donors (Lipinski definition) is 0. The second-order valence-corrected chi connectivity index (χ2v) is 3.55. The summed E-state index contributed by atoms with van der Waals surface area (Å²) in [4.78, 5) is 11.5. The summed E-state index contributed by atoms with van der Waals surface area (Å²) in [5.74, 6) is -9.42. The van der Waals surface area contributed by atoms with Gasteiger partial charge in [-0.1, -0.05) is 18.2 Å². The molecule has 0 bridgehead atoms. The molecule has 2 rings (SSSR count). The molecular formula is C13H6F4O2. The zero-order chi connectivity index (χ0) is 14.0. The lowest BCUT2D eigenvalue weighted by Crippen LogP contribution is -2.11. The van der Waals surface area contributed by atoms with Crippen LogP contribution in [0.5, 0.6) is 5.75 Å². The first-order chi connectivity index (χ1) is 9.00. The number of rotatable bonds is 2. The third-order valence-corrected chi connectivity index (χ3v) is 2.28. The molecule has 0 radical (unpaired) electrons. The monoisotopic (exact) mass is 270 g/mol. The van der Waals surface area contributed by atoms with Crippen LogP contribution in [0.4, 0.5) is 17.6 Å². The van der Waals surface area contributed by atoms with Gasteiger partial charge in [-0.2, -0.15) is 4.39 Å². The second kappa shape index (κ2) is 5.09. The van der Waals surface area contributed by atoms with Gasteiger partial charge in [0.2, 0.25) is 11.6 Å². The fraction of sp³-hybridized carbons (Fsp3) is 0. The molecule has 2 aromatic carbocycles. The molecule has 0 aromatic heterocycles. The van der Waals surface area contributed by atoms with Gasteiger partial charge < -0.3 is 4.74 Å².